The number of nitrogens with zero attached hydrogens (tertiary/aromatic N) is 2. The van der Waals surface area contributed by atoms with Gasteiger partial charge in [-0.25, -0.2) is 14.2 Å². The summed E-state index contributed by atoms with van der Waals surface area (Å²) in [5.74, 6) is -1.54. The van der Waals surface area contributed by atoms with Crippen LogP contribution in [0.5, 0.6) is 0 Å². The molecule has 1 atom stereocenters. The summed E-state index contributed by atoms with van der Waals surface area (Å²) in [5.41, 5.74) is 2.92. The Balaban J connectivity index is 1.58. The monoisotopic (exact) mass is 438 g/mol. The molecule has 1 aliphatic rings. The fraction of sp³-hybridized carbons (Fsp3) is 0.182. The van der Waals surface area contributed by atoms with Crippen LogP contribution in [-0.4, -0.2) is 27.8 Å². The second-order valence-electron chi connectivity index (χ2n) is 7.08. The number of urea groups is 1. The summed E-state index contributed by atoms with van der Waals surface area (Å²) in [6, 6.07) is 14.0. The number of hydrogen-bond acceptors (Lipinski definition) is 5. The summed E-state index contributed by atoms with van der Waals surface area (Å²) in [7, 11) is 0. The molecular weight excluding hydrogens is 419 g/mol. The molecule has 4 amide bonds. The minimum atomic E-state index is -1.24. The van der Waals surface area contributed by atoms with Crippen LogP contribution in [-0.2, 0) is 10.3 Å². The van der Waals surface area contributed by atoms with Gasteiger partial charge < -0.3 is 5.32 Å². The van der Waals surface area contributed by atoms with E-state index in [1.807, 2.05) is 6.07 Å². The summed E-state index contributed by atoms with van der Waals surface area (Å²) < 4.78 is 13.2. The fourth-order valence-electron chi connectivity index (χ4n) is 3.51. The molecule has 3 aromatic rings. The third-order valence-electron chi connectivity index (χ3n) is 5.20. The van der Waals surface area contributed by atoms with Crippen molar-refractivity contribution in [3.8, 4) is 10.6 Å². The molecule has 4 rings (SSSR count). The number of hydrogen-bond donors (Lipinski definition) is 2. The number of halogens is 1. The Morgan fingerprint density at radius 3 is 2.48 bits per heavy atom. The molecular formula is C22H19FN4O3S. The first-order valence-corrected chi connectivity index (χ1v) is 10.4. The van der Waals surface area contributed by atoms with Crippen molar-refractivity contribution >= 4 is 29.2 Å². The molecule has 0 bridgehead atoms. The lowest BCUT2D eigenvalue weighted by atomic mass is 9.87. The van der Waals surface area contributed by atoms with Crippen molar-refractivity contribution < 1.29 is 18.8 Å². The molecule has 1 aliphatic heterocycles. The van der Waals surface area contributed by atoms with Crippen LogP contribution in [0.1, 0.15) is 34.3 Å². The summed E-state index contributed by atoms with van der Waals surface area (Å²) in [6.45, 7) is 3.45. The van der Waals surface area contributed by atoms with E-state index >= 15 is 0 Å². The molecule has 0 aliphatic carbocycles. The minimum absolute atomic E-state index is 0.258. The quantitative estimate of drug-likeness (QED) is 0.594. The van der Waals surface area contributed by atoms with Crippen LogP contribution in [0.25, 0.3) is 10.6 Å². The van der Waals surface area contributed by atoms with Gasteiger partial charge in [-0.3, -0.25) is 15.0 Å². The third-order valence-corrected chi connectivity index (χ3v) is 6.40. The molecule has 2 N–H and O–H groups in total. The highest BCUT2D eigenvalue weighted by Crippen LogP contribution is 2.32. The van der Waals surface area contributed by atoms with Gasteiger partial charge in [-0.2, -0.15) is 5.01 Å². The molecule has 1 unspecified atom stereocenters. The minimum Gasteiger partial charge on any atom is -0.318 e. The Kier molecular flexibility index (Phi) is 5.28. The van der Waals surface area contributed by atoms with Gasteiger partial charge in [-0.05, 0) is 43.2 Å². The van der Waals surface area contributed by atoms with Crippen LogP contribution in [0, 0.1) is 12.7 Å². The molecule has 2 heterocycles. The number of aromatic nitrogens is 1. The molecule has 2 aromatic carbocycles. The topological polar surface area (TPSA) is 91.4 Å². The number of hydrazine groups is 1. The van der Waals surface area contributed by atoms with E-state index in [1.54, 1.807) is 50.2 Å². The van der Waals surface area contributed by atoms with Crippen molar-refractivity contribution in [1.29, 1.82) is 0 Å². The maximum Gasteiger partial charge on any atom is 0.344 e. The third kappa shape index (κ3) is 3.57. The Labute approximate surface area is 181 Å². The van der Waals surface area contributed by atoms with Crippen LogP contribution in [0.4, 0.5) is 9.18 Å². The first-order valence-electron chi connectivity index (χ1n) is 9.62. The van der Waals surface area contributed by atoms with Crippen LogP contribution in [0.3, 0.4) is 0 Å². The van der Waals surface area contributed by atoms with Gasteiger partial charge >= 0.3 is 6.03 Å². The average molecular weight is 438 g/mol. The first-order chi connectivity index (χ1) is 14.9. The zero-order chi connectivity index (χ0) is 22.2. The number of nitrogens with one attached hydrogen (secondary N) is 2. The second kappa shape index (κ2) is 7.92. The van der Waals surface area contributed by atoms with E-state index in [4.69, 9.17) is 0 Å². The lowest BCUT2D eigenvalue weighted by Gasteiger charge is -2.25. The lowest BCUT2D eigenvalue weighted by molar-refractivity contribution is -0.133. The van der Waals surface area contributed by atoms with Gasteiger partial charge in [0.1, 0.15) is 21.2 Å². The number of carbonyl (C=O) groups excluding carboxylic acids is 3. The smallest absolute Gasteiger partial charge is 0.318 e. The van der Waals surface area contributed by atoms with Gasteiger partial charge in [0.2, 0.25) is 0 Å². The zero-order valence-electron chi connectivity index (χ0n) is 16.8. The fourth-order valence-corrected chi connectivity index (χ4v) is 4.48. The normalized spacial score (nSPS) is 18.2. The molecule has 0 saturated carbocycles. The standard InChI is InChI=1S/C22H19FN4O3S/c1-3-22(15-7-5-4-6-8-15)20(29)27(21(30)25-22)26-18(28)17-13(2)24-19(31-17)14-9-11-16(23)12-10-14/h4-12H,3H2,1-2H3,(H,25,30)(H,26,28). The van der Waals surface area contributed by atoms with Crippen LogP contribution in [0.15, 0.2) is 54.6 Å². The molecule has 158 valence electrons. The van der Waals surface area contributed by atoms with E-state index in [0.717, 1.165) is 16.3 Å². The Morgan fingerprint density at radius 1 is 1.16 bits per heavy atom. The predicted molar refractivity (Wildman–Crippen MR) is 113 cm³/mol. The van der Waals surface area contributed by atoms with Crippen molar-refractivity contribution in [3.63, 3.8) is 0 Å². The van der Waals surface area contributed by atoms with Crippen LogP contribution in [0.2, 0.25) is 0 Å². The van der Waals surface area contributed by atoms with E-state index in [2.05, 4.69) is 15.7 Å². The molecule has 1 saturated heterocycles. The highest BCUT2D eigenvalue weighted by Gasteiger charge is 2.52. The molecule has 7 nitrogen and oxygen atoms in total. The van der Waals surface area contributed by atoms with Crippen molar-refractivity contribution in [2.75, 3.05) is 0 Å². The molecule has 0 radical (unpaired) electrons. The van der Waals surface area contributed by atoms with Crippen LogP contribution < -0.4 is 10.7 Å². The maximum absolute atomic E-state index is 13.2. The van der Waals surface area contributed by atoms with E-state index in [-0.39, 0.29) is 10.7 Å². The highest BCUT2D eigenvalue weighted by molar-refractivity contribution is 7.17. The van der Waals surface area contributed by atoms with E-state index < -0.39 is 23.4 Å². The van der Waals surface area contributed by atoms with Gasteiger partial charge in [-0.1, -0.05) is 37.3 Å². The summed E-state index contributed by atoms with van der Waals surface area (Å²) >= 11 is 1.10. The van der Waals surface area contributed by atoms with Crippen molar-refractivity contribution in [2.24, 2.45) is 0 Å². The molecule has 1 fully saturated rings. The van der Waals surface area contributed by atoms with Crippen molar-refractivity contribution in [2.45, 2.75) is 25.8 Å². The number of aryl methyl sites for hydroxylation is 1. The largest absolute Gasteiger partial charge is 0.344 e. The SMILES string of the molecule is CCC1(c2ccccc2)NC(=O)N(NC(=O)c2sc(-c3ccc(F)cc3)nc2C)C1=O. The number of imide groups is 1. The van der Waals surface area contributed by atoms with Gasteiger partial charge in [0.25, 0.3) is 11.8 Å². The number of benzene rings is 2. The van der Waals surface area contributed by atoms with Gasteiger partial charge in [-0.15, -0.1) is 11.3 Å². The molecule has 1 aromatic heterocycles. The molecule has 9 heteroatoms. The Morgan fingerprint density at radius 2 is 1.84 bits per heavy atom. The number of carbonyl (C=O) groups is 3. The number of amides is 4. The average Bonchev–Trinajstić information content (AvgIpc) is 3.28. The van der Waals surface area contributed by atoms with Crippen molar-refractivity contribution in [1.82, 2.24) is 20.7 Å². The van der Waals surface area contributed by atoms with E-state index in [0.29, 0.717) is 28.2 Å². The van der Waals surface area contributed by atoms with Crippen LogP contribution >= 0.6 is 11.3 Å². The van der Waals surface area contributed by atoms with Crippen molar-refractivity contribution in [3.05, 3.63) is 76.5 Å². The first kappa shape index (κ1) is 20.7. The van der Waals surface area contributed by atoms with E-state index in [1.165, 1.54) is 12.1 Å². The lowest BCUT2D eigenvalue weighted by Crippen LogP contribution is -2.48. The predicted octanol–water partition coefficient (Wildman–Crippen LogP) is 3.76. The van der Waals surface area contributed by atoms with E-state index in [9.17, 15) is 18.8 Å². The zero-order valence-corrected chi connectivity index (χ0v) is 17.6. The maximum atomic E-state index is 13.2. The van der Waals surface area contributed by atoms with Gasteiger partial charge in [0.15, 0.2) is 0 Å². The van der Waals surface area contributed by atoms with Gasteiger partial charge in [0.05, 0.1) is 5.69 Å². The summed E-state index contributed by atoms with van der Waals surface area (Å²) in [6.07, 6.45) is 0.322. The second-order valence-corrected chi connectivity index (χ2v) is 8.08. The summed E-state index contributed by atoms with van der Waals surface area (Å²) in [4.78, 5) is 43.2. The number of thiazole rings is 1. The Bertz CT molecular complexity index is 1160. The molecule has 0 spiro atoms. The molecule has 31 heavy (non-hydrogen) atoms. The highest BCUT2D eigenvalue weighted by atomic mass is 32.1. The Hall–Kier alpha value is -3.59. The summed E-state index contributed by atoms with van der Waals surface area (Å²) in [5, 5.41) is 3.97. The number of rotatable bonds is 5. The van der Waals surface area contributed by atoms with Gasteiger partial charge in [0, 0.05) is 5.56 Å².